The molecule has 1 aliphatic rings. The highest BCUT2D eigenvalue weighted by Crippen LogP contribution is 2.21. The van der Waals surface area contributed by atoms with Gasteiger partial charge in [0, 0.05) is 24.0 Å². The first kappa shape index (κ1) is 23.1. The highest BCUT2D eigenvalue weighted by molar-refractivity contribution is 6.31. The van der Waals surface area contributed by atoms with Crippen LogP contribution in [0.1, 0.15) is 51.0 Å². The second-order valence-electron chi connectivity index (χ2n) is 8.04. The maximum Gasteiger partial charge on any atom is 0.242 e. The quantitative estimate of drug-likeness (QED) is 0.528. The van der Waals surface area contributed by atoms with Gasteiger partial charge in [0.1, 0.15) is 11.8 Å². The van der Waals surface area contributed by atoms with E-state index in [4.69, 9.17) is 16.3 Å². The maximum absolute atomic E-state index is 13.1. The summed E-state index contributed by atoms with van der Waals surface area (Å²) in [7, 11) is 0. The van der Waals surface area contributed by atoms with E-state index in [0.717, 1.165) is 37.0 Å². The first-order valence-corrected chi connectivity index (χ1v) is 11.4. The molecule has 0 spiro atoms. The average Bonchev–Trinajstić information content (AvgIpc) is 3.29. The zero-order valence-electron chi connectivity index (χ0n) is 18.1. The number of nitrogens with one attached hydrogen (secondary N) is 1. The molecule has 31 heavy (non-hydrogen) atoms. The normalized spacial score (nSPS) is 14.8. The number of rotatable bonds is 10. The van der Waals surface area contributed by atoms with Crippen molar-refractivity contribution < 1.29 is 14.3 Å². The lowest BCUT2D eigenvalue weighted by molar-refractivity contribution is -0.141. The summed E-state index contributed by atoms with van der Waals surface area (Å²) in [5.74, 6) is 0.602. The first-order valence-electron chi connectivity index (χ1n) is 11.1. The number of benzene rings is 2. The zero-order valence-corrected chi connectivity index (χ0v) is 18.8. The van der Waals surface area contributed by atoms with Crippen LogP contribution in [-0.2, 0) is 16.1 Å². The third kappa shape index (κ3) is 7.00. The van der Waals surface area contributed by atoms with E-state index in [1.54, 1.807) is 17.9 Å². The molecule has 1 N–H and O–H groups in total. The summed E-state index contributed by atoms with van der Waals surface area (Å²) in [6.45, 7) is 2.54. The Hall–Kier alpha value is -2.53. The van der Waals surface area contributed by atoms with Crippen molar-refractivity contribution in [2.75, 3.05) is 6.61 Å². The van der Waals surface area contributed by atoms with Gasteiger partial charge in [-0.15, -0.1) is 0 Å². The predicted octanol–water partition coefficient (Wildman–Crippen LogP) is 4.98. The van der Waals surface area contributed by atoms with Crippen LogP contribution in [0.3, 0.4) is 0 Å². The lowest BCUT2D eigenvalue weighted by Crippen LogP contribution is -2.49. The van der Waals surface area contributed by atoms with E-state index < -0.39 is 6.04 Å². The smallest absolute Gasteiger partial charge is 0.242 e. The molecular formula is C25H31ClN2O3. The van der Waals surface area contributed by atoms with E-state index in [1.807, 2.05) is 48.5 Å². The molecule has 0 aliphatic heterocycles. The van der Waals surface area contributed by atoms with Gasteiger partial charge in [-0.1, -0.05) is 60.8 Å². The van der Waals surface area contributed by atoms with Gasteiger partial charge < -0.3 is 15.0 Å². The van der Waals surface area contributed by atoms with Gasteiger partial charge in [0.15, 0.2) is 0 Å². The summed E-state index contributed by atoms with van der Waals surface area (Å²) in [6, 6.07) is 16.6. The fourth-order valence-electron chi connectivity index (χ4n) is 3.86. The molecule has 0 heterocycles. The largest absolute Gasteiger partial charge is 0.494 e. The number of ether oxygens (including phenoxy) is 1. The Labute approximate surface area is 189 Å². The van der Waals surface area contributed by atoms with E-state index >= 15 is 0 Å². The van der Waals surface area contributed by atoms with Crippen LogP contribution in [0.4, 0.5) is 0 Å². The molecule has 0 saturated heterocycles. The van der Waals surface area contributed by atoms with Gasteiger partial charge in [-0.3, -0.25) is 9.59 Å². The Balaban J connectivity index is 1.61. The summed E-state index contributed by atoms with van der Waals surface area (Å²) in [4.78, 5) is 27.6. The number of hydrogen-bond donors (Lipinski definition) is 1. The van der Waals surface area contributed by atoms with Gasteiger partial charge in [-0.2, -0.15) is 0 Å². The Bertz CT molecular complexity index is 853. The molecule has 2 amide bonds. The number of amides is 2. The maximum atomic E-state index is 13.1. The summed E-state index contributed by atoms with van der Waals surface area (Å²) in [6.07, 6.45) is 5.18. The number of carbonyl (C=O) groups excluding carboxylic acids is 2. The molecule has 2 aromatic rings. The SMILES string of the molecule is C[C@@H](C(=O)NC1CCCC1)N(Cc1ccccc1Cl)C(=O)CCCOc1ccccc1. The van der Waals surface area contributed by atoms with Gasteiger partial charge in [-0.05, 0) is 49.9 Å². The highest BCUT2D eigenvalue weighted by Gasteiger charge is 2.28. The second-order valence-corrected chi connectivity index (χ2v) is 8.45. The monoisotopic (exact) mass is 442 g/mol. The standard InChI is InChI=1S/C25H31ClN2O3/c1-19(25(30)27-21-11-6-7-12-21)28(18-20-10-5-8-15-23(20)26)24(29)16-9-17-31-22-13-3-2-4-14-22/h2-5,8,10,13-15,19,21H,6-7,9,11-12,16-18H2,1H3,(H,27,30)/t19-/m0/s1. The summed E-state index contributed by atoms with van der Waals surface area (Å²) >= 11 is 6.33. The van der Waals surface area contributed by atoms with Crippen LogP contribution in [0.15, 0.2) is 54.6 Å². The third-order valence-electron chi connectivity index (χ3n) is 5.71. The second kappa shape index (κ2) is 11.8. The molecule has 166 valence electrons. The molecule has 1 saturated carbocycles. The number of carbonyl (C=O) groups is 2. The van der Waals surface area contributed by atoms with Gasteiger partial charge in [0.25, 0.3) is 0 Å². The van der Waals surface area contributed by atoms with Gasteiger partial charge in [0.2, 0.25) is 11.8 Å². The number of para-hydroxylation sites is 1. The molecule has 0 unspecified atom stereocenters. The van der Waals surface area contributed by atoms with Gasteiger partial charge in [0.05, 0.1) is 6.61 Å². The lowest BCUT2D eigenvalue weighted by Gasteiger charge is -2.30. The molecule has 0 bridgehead atoms. The minimum atomic E-state index is -0.570. The average molecular weight is 443 g/mol. The lowest BCUT2D eigenvalue weighted by atomic mass is 10.1. The minimum Gasteiger partial charge on any atom is -0.494 e. The van der Waals surface area contributed by atoms with E-state index in [9.17, 15) is 9.59 Å². The van der Waals surface area contributed by atoms with Crippen LogP contribution in [0.25, 0.3) is 0 Å². The van der Waals surface area contributed by atoms with Crippen LogP contribution in [0, 0.1) is 0 Å². The summed E-state index contributed by atoms with van der Waals surface area (Å²) < 4.78 is 5.70. The van der Waals surface area contributed by atoms with Crippen LogP contribution < -0.4 is 10.1 Å². The van der Waals surface area contributed by atoms with Crippen molar-refractivity contribution in [3.8, 4) is 5.75 Å². The molecule has 5 nitrogen and oxygen atoms in total. The van der Waals surface area contributed by atoms with Crippen molar-refractivity contribution in [3.63, 3.8) is 0 Å². The molecular weight excluding hydrogens is 412 g/mol. The summed E-state index contributed by atoms with van der Waals surface area (Å²) in [5.41, 5.74) is 0.832. The van der Waals surface area contributed by atoms with E-state index in [-0.39, 0.29) is 17.9 Å². The molecule has 3 rings (SSSR count). The number of hydrogen-bond acceptors (Lipinski definition) is 3. The number of nitrogens with zero attached hydrogens (tertiary/aromatic N) is 1. The van der Waals surface area contributed by atoms with Gasteiger partial charge >= 0.3 is 0 Å². The van der Waals surface area contributed by atoms with E-state index in [0.29, 0.717) is 31.0 Å². The minimum absolute atomic E-state index is 0.0781. The van der Waals surface area contributed by atoms with Crippen molar-refractivity contribution in [2.24, 2.45) is 0 Å². The van der Waals surface area contributed by atoms with Crippen LogP contribution in [0.5, 0.6) is 5.75 Å². The molecule has 6 heteroatoms. The fraction of sp³-hybridized carbons (Fsp3) is 0.440. The molecule has 0 aromatic heterocycles. The van der Waals surface area contributed by atoms with Crippen LogP contribution in [0.2, 0.25) is 5.02 Å². The topological polar surface area (TPSA) is 58.6 Å². The van der Waals surface area contributed by atoms with Crippen molar-refractivity contribution in [1.82, 2.24) is 10.2 Å². The summed E-state index contributed by atoms with van der Waals surface area (Å²) in [5, 5.41) is 3.71. The van der Waals surface area contributed by atoms with E-state index in [1.165, 1.54) is 0 Å². The zero-order chi connectivity index (χ0) is 22.1. The van der Waals surface area contributed by atoms with Crippen LogP contribution in [-0.4, -0.2) is 35.4 Å². The van der Waals surface area contributed by atoms with Crippen molar-refractivity contribution in [1.29, 1.82) is 0 Å². The molecule has 0 radical (unpaired) electrons. The molecule has 1 atom stereocenters. The highest BCUT2D eigenvalue weighted by atomic mass is 35.5. The van der Waals surface area contributed by atoms with E-state index in [2.05, 4.69) is 5.32 Å². The third-order valence-corrected chi connectivity index (χ3v) is 6.08. The molecule has 1 aliphatic carbocycles. The van der Waals surface area contributed by atoms with Crippen LogP contribution >= 0.6 is 11.6 Å². The van der Waals surface area contributed by atoms with Crippen molar-refractivity contribution >= 4 is 23.4 Å². The molecule has 2 aromatic carbocycles. The Morgan fingerprint density at radius 3 is 2.48 bits per heavy atom. The Morgan fingerprint density at radius 1 is 1.10 bits per heavy atom. The number of halogens is 1. The van der Waals surface area contributed by atoms with Crippen molar-refractivity contribution in [2.45, 2.75) is 64.1 Å². The van der Waals surface area contributed by atoms with Gasteiger partial charge in [-0.25, -0.2) is 0 Å². The molecule has 1 fully saturated rings. The first-order chi connectivity index (χ1) is 15.0. The fourth-order valence-corrected chi connectivity index (χ4v) is 4.05. The Morgan fingerprint density at radius 2 is 1.77 bits per heavy atom. The predicted molar refractivity (Wildman–Crippen MR) is 123 cm³/mol. The Kier molecular flexibility index (Phi) is 8.77. The van der Waals surface area contributed by atoms with Crippen molar-refractivity contribution in [3.05, 3.63) is 65.2 Å².